The molecule has 100 valence electrons. The van der Waals surface area contributed by atoms with E-state index in [0.717, 1.165) is 22.2 Å². The minimum atomic E-state index is -0.808. The van der Waals surface area contributed by atoms with Crippen molar-refractivity contribution in [3.63, 3.8) is 0 Å². The quantitative estimate of drug-likeness (QED) is 0.838. The predicted molar refractivity (Wildman–Crippen MR) is 72.2 cm³/mol. The van der Waals surface area contributed by atoms with E-state index in [1.807, 2.05) is 12.3 Å². The first-order valence-electron chi connectivity index (χ1n) is 5.81. The lowest BCUT2D eigenvalue weighted by Gasteiger charge is -2.01. The zero-order valence-corrected chi connectivity index (χ0v) is 11.3. The molecule has 2 aromatic rings. The average molecular weight is 278 g/mol. The molecule has 2 heterocycles. The van der Waals surface area contributed by atoms with E-state index in [4.69, 9.17) is 5.11 Å². The average Bonchev–Trinajstić information content (AvgIpc) is 2.84. The molecule has 0 aromatic carbocycles. The maximum absolute atomic E-state index is 10.5. The number of aliphatic carboxylic acids is 1. The third-order valence-corrected chi connectivity index (χ3v) is 3.25. The van der Waals surface area contributed by atoms with E-state index in [1.165, 1.54) is 11.3 Å². The van der Waals surface area contributed by atoms with Crippen LogP contribution in [0.3, 0.4) is 0 Å². The molecule has 7 heteroatoms. The van der Waals surface area contributed by atoms with Gasteiger partial charge < -0.3 is 10.4 Å². The summed E-state index contributed by atoms with van der Waals surface area (Å²) >= 11 is 1.46. The van der Waals surface area contributed by atoms with Crippen LogP contribution in [0, 0.1) is 6.92 Å². The summed E-state index contributed by atoms with van der Waals surface area (Å²) in [5.41, 5.74) is 2.52. The maximum Gasteiger partial charge on any atom is 0.303 e. The minimum Gasteiger partial charge on any atom is -0.481 e. The molecule has 2 aromatic heterocycles. The molecule has 0 aliphatic heterocycles. The Balaban J connectivity index is 1.86. The Hall–Kier alpha value is -2.02. The number of anilines is 1. The molecule has 0 fully saturated rings. The van der Waals surface area contributed by atoms with Crippen LogP contribution in [0.2, 0.25) is 0 Å². The summed E-state index contributed by atoms with van der Waals surface area (Å²) < 4.78 is 0. The van der Waals surface area contributed by atoms with Crippen LogP contribution in [0.4, 0.5) is 5.13 Å². The molecule has 0 radical (unpaired) electrons. The molecule has 0 atom stereocenters. The summed E-state index contributed by atoms with van der Waals surface area (Å²) in [4.78, 5) is 23.2. The van der Waals surface area contributed by atoms with Gasteiger partial charge in [-0.05, 0) is 6.92 Å². The molecule has 0 unspecified atom stereocenters. The van der Waals surface area contributed by atoms with Gasteiger partial charge in [-0.15, -0.1) is 11.3 Å². The first-order valence-corrected chi connectivity index (χ1v) is 6.69. The molecule has 6 nitrogen and oxygen atoms in total. The second-order valence-electron chi connectivity index (χ2n) is 4.04. The van der Waals surface area contributed by atoms with E-state index in [9.17, 15) is 4.79 Å². The van der Waals surface area contributed by atoms with Crippen LogP contribution in [0.15, 0.2) is 17.8 Å². The predicted octanol–water partition coefficient (Wildman–Crippen LogP) is 1.87. The van der Waals surface area contributed by atoms with Crippen molar-refractivity contribution < 1.29 is 9.90 Å². The summed E-state index contributed by atoms with van der Waals surface area (Å²) in [6.45, 7) is 2.44. The molecule has 0 amide bonds. The molecule has 2 N–H and O–H groups in total. The second-order valence-corrected chi connectivity index (χ2v) is 4.90. The number of rotatable bonds is 6. The fraction of sp³-hybridized carbons (Fsp3) is 0.333. The van der Waals surface area contributed by atoms with Gasteiger partial charge in [-0.25, -0.2) is 4.98 Å². The van der Waals surface area contributed by atoms with Gasteiger partial charge in [0.05, 0.1) is 36.2 Å². The minimum absolute atomic E-state index is 0.104. The number of hydrogen-bond donors (Lipinski definition) is 2. The zero-order chi connectivity index (χ0) is 13.7. The van der Waals surface area contributed by atoms with Crippen LogP contribution in [0.1, 0.15) is 23.5 Å². The van der Waals surface area contributed by atoms with E-state index in [0.29, 0.717) is 13.0 Å². The van der Waals surface area contributed by atoms with E-state index in [2.05, 4.69) is 20.3 Å². The third kappa shape index (κ3) is 4.29. The van der Waals surface area contributed by atoms with Gasteiger partial charge in [0.15, 0.2) is 5.13 Å². The van der Waals surface area contributed by atoms with Crippen molar-refractivity contribution in [2.24, 2.45) is 0 Å². The van der Waals surface area contributed by atoms with Gasteiger partial charge in [-0.2, -0.15) is 0 Å². The van der Waals surface area contributed by atoms with Crippen molar-refractivity contribution in [1.82, 2.24) is 15.0 Å². The topological polar surface area (TPSA) is 88.0 Å². The van der Waals surface area contributed by atoms with E-state index in [-0.39, 0.29) is 6.42 Å². The standard InChI is InChI=1S/C12H14N4O2S/c1-8-4-14-10(5-13-8)6-15-12-16-9(7-19-12)2-3-11(17)18/h4-5,7H,2-3,6H2,1H3,(H,15,16)(H,17,18). The molecule has 19 heavy (non-hydrogen) atoms. The lowest BCUT2D eigenvalue weighted by Crippen LogP contribution is -2.03. The molecular formula is C12H14N4O2S. The van der Waals surface area contributed by atoms with Crippen molar-refractivity contribution in [3.05, 3.63) is 34.9 Å². The van der Waals surface area contributed by atoms with Gasteiger partial charge in [0, 0.05) is 18.0 Å². The van der Waals surface area contributed by atoms with Crippen LogP contribution < -0.4 is 5.32 Å². The number of carboxylic acid groups (broad SMARTS) is 1. The Morgan fingerprint density at radius 1 is 1.37 bits per heavy atom. The van der Waals surface area contributed by atoms with Crippen LogP contribution >= 0.6 is 11.3 Å². The lowest BCUT2D eigenvalue weighted by atomic mass is 10.2. The molecular weight excluding hydrogens is 264 g/mol. The van der Waals surface area contributed by atoms with E-state index >= 15 is 0 Å². The highest BCUT2D eigenvalue weighted by atomic mass is 32.1. The zero-order valence-electron chi connectivity index (χ0n) is 10.5. The molecule has 0 aliphatic rings. The Kier molecular flexibility index (Phi) is 4.40. The largest absolute Gasteiger partial charge is 0.481 e. The molecule has 0 saturated carbocycles. The Bertz CT molecular complexity index is 553. The summed E-state index contributed by atoms with van der Waals surface area (Å²) in [5.74, 6) is -0.808. The number of hydrogen-bond acceptors (Lipinski definition) is 6. The number of thiazole rings is 1. The molecule has 0 aliphatic carbocycles. The fourth-order valence-corrected chi connectivity index (χ4v) is 2.16. The summed E-state index contributed by atoms with van der Waals surface area (Å²) in [6.07, 6.45) is 4.00. The highest BCUT2D eigenvalue weighted by molar-refractivity contribution is 7.13. The van der Waals surface area contributed by atoms with Gasteiger partial charge in [0.2, 0.25) is 0 Å². The Morgan fingerprint density at radius 3 is 2.89 bits per heavy atom. The number of aryl methyl sites for hydroxylation is 2. The van der Waals surface area contributed by atoms with Crippen molar-refractivity contribution in [2.45, 2.75) is 26.3 Å². The second kappa shape index (κ2) is 6.24. The summed E-state index contributed by atoms with van der Waals surface area (Å²) in [7, 11) is 0. The van der Waals surface area contributed by atoms with Gasteiger partial charge in [0.1, 0.15) is 0 Å². The highest BCUT2D eigenvalue weighted by Crippen LogP contribution is 2.17. The summed E-state index contributed by atoms with van der Waals surface area (Å²) in [5, 5.41) is 14.4. The van der Waals surface area contributed by atoms with Crippen LogP contribution in [0.25, 0.3) is 0 Å². The number of aromatic nitrogens is 3. The van der Waals surface area contributed by atoms with Crippen LogP contribution in [-0.2, 0) is 17.8 Å². The monoisotopic (exact) mass is 278 g/mol. The lowest BCUT2D eigenvalue weighted by molar-refractivity contribution is -0.136. The normalized spacial score (nSPS) is 10.4. The van der Waals surface area contributed by atoms with Gasteiger partial charge in [0.25, 0.3) is 0 Å². The van der Waals surface area contributed by atoms with Crippen LogP contribution in [-0.4, -0.2) is 26.0 Å². The number of carboxylic acids is 1. The third-order valence-electron chi connectivity index (χ3n) is 2.40. The number of carbonyl (C=O) groups is 1. The first-order chi connectivity index (χ1) is 9.13. The van der Waals surface area contributed by atoms with Crippen molar-refractivity contribution in [2.75, 3.05) is 5.32 Å². The van der Waals surface area contributed by atoms with Crippen molar-refractivity contribution in [1.29, 1.82) is 0 Å². The fourth-order valence-electron chi connectivity index (χ4n) is 1.41. The maximum atomic E-state index is 10.5. The van der Waals surface area contributed by atoms with Crippen molar-refractivity contribution >= 4 is 22.4 Å². The van der Waals surface area contributed by atoms with Gasteiger partial charge in [-0.3, -0.25) is 14.8 Å². The summed E-state index contributed by atoms with van der Waals surface area (Å²) in [6, 6.07) is 0. The molecule has 0 bridgehead atoms. The molecule has 0 spiro atoms. The van der Waals surface area contributed by atoms with E-state index < -0.39 is 5.97 Å². The SMILES string of the molecule is Cc1cnc(CNc2nc(CCC(=O)O)cs2)cn1. The van der Waals surface area contributed by atoms with Gasteiger partial charge >= 0.3 is 5.97 Å². The highest BCUT2D eigenvalue weighted by Gasteiger charge is 2.04. The Morgan fingerprint density at radius 2 is 2.21 bits per heavy atom. The molecule has 2 rings (SSSR count). The van der Waals surface area contributed by atoms with Gasteiger partial charge in [-0.1, -0.05) is 0 Å². The van der Waals surface area contributed by atoms with E-state index in [1.54, 1.807) is 12.4 Å². The van der Waals surface area contributed by atoms with Crippen LogP contribution in [0.5, 0.6) is 0 Å². The first kappa shape index (κ1) is 13.4. The number of nitrogens with one attached hydrogen (secondary N) is 1. The smallest absolute Gasteiger partial charge is 0.303 e. The number of nitrogens with zero attached hydrogens (tertiary/aromatic N) is 3. The molecule has 0 saturated heterocycles. The van der Waals surface area contributed by atoms with Crippen molar-refractivity contribution in [3.8, 4) is 0 Å². The Labute approximate surface area is 114 Å².